The molecule has 5 heterocycles. The molecule has 12 nitrogen and oxygen atoms in total. The smallest absolute Gasteiger partial charge is 0.250 e. The van der Waals surface area contributed by atoms with Crippen LogP contribution in [0.15, 0.2) is 72.8 Å². The zero-order chi connectivity index (χ0) is 34.5. The lowest BCUT2D eigenvalue weighted by molar-refractivity contribution is -0.157. The van der Waals surface area contributed by atoms with E-state index in [2.05, 4.69) is 10.3 Å². The Balaban J connectivity index is 1.32. The summed E-state index contributed by atoms with van der Waals surface area (Å²) in [7, 11) is 0. The second-order valence-corrected chi connectivity index (χ2v) is 13.8. The molecule has 2 aromatic carbocycles. The Morgan fingerprint density at radius 3 is 2.43 bits per heavy atom. The van der Waals surface area contributed by atoms with Crippen LogP contribution in [0.4, 0.5) is 5.69 Å². The molecular formula is C37H44N6O6. The molecule has 6 atom stereocenters. The van der Waals surface area contributed by atoms with Crippen LogP contribution in [0.1, 0.15) is 40.5 Å². The maximum absolute atomic E-state index is 15.0. The number of para-hydroxylation sites is 1. The first-order chi connectivity index (χ1) is 23.7. The third-order valence-corrected chi connectivity index (χ3v) is 10.5. The average molecular weight is 669 g/mol. The number of hydrogen-bond acceptors (Lipinski definition) is 8. The number of anilines is 1. The van der Waals surface area contributed by atoms with E-state index >= 15 is 4.79 Å². The number of hydrogen-bond donors (Lipinski definition) is 1. The number of aliphatic hydroxyl groups is 1. The van der Waals surface area contributed by atoms with Gasteiger partial charge in [-0.25, -0.2) is 4.68 Å². The van der Waals surface area contributed by atoms with Crippen molar-refractivity contribution in [2.75, 3.05) is 31.2 Å². The predicted octanol–water partition coefficient (Wildman–Crippen LogP) is 3.56. The molecule has 1 N–H and O–H groups in total. The van der Waals surface area contributed by atoms with Crippen molar-refractivity contribution in [3.63, 3.8) is 0 Å². The zero-order valence-electron chi connectivity index (χ0n) is 28.4. The first kappa shape index (κ1) is 33.0. The molecule has 1 unspecified atom stereocenters. The van der Waals surface area contributed by atoms with E-state index < -0.39 is 35.1 Å². The Morgan fingerprint density at radius 2 is 1.71 bits per heavy atom. The quantitative estimate of drug-likeness (QED) is 0.325. The number of benzene rings is 2. The zero-order valence-corrected chi connectivity index (χ0v) is 28.4. The van der Waals surface area contributed by atoms with Crippen LogP contribution in [-0.2, 0) is 25.8 Å². The molecule has 12 heteroatoms. The molecule has 4 aliphatic rings. The summed E-state index contributed by atoms with van der Waals surface area (Å²) in [5.41, 5.74) is -0.413. The summed E-state index contributed by atoms with van der Waals surface area (Å²) in [6, 6.07) is 13.1. The maximum atomic E-state index is 15.0. The van der Waals surface area contributed by atoms with Crippen molar-refractivity contribution >= 4 is 34.4 Å². The predicted molar refractivity (Wildman–Crippen MR) is 182 cm³/mol. The van der Waals surface area contributed by atoms with Gasteiger partial charge in [0, 0.05) is 18.8 Å². The first-order valence-corrected chi connectivity index (χ1v) is 17.3. The monoisotopic (exact) mass is 668 g/mol. The van der Waals surface area contributed by atoms with E-state index in [1.165, 1.54) is 4.90 Å². The fraction of sp³-hybridized carbons (Fsp3) is 0.486. The molecule has 0 radical (unpaired) electrons. The van der Waals surface area contributed by atoms with E-state index in [-0.39, 0.29) is 43.5 Å². The van der Waals surface area contributed by atoms with E-state index in [0.717, 1.165) is 5.52 Å². The SMILES string of the molecule is CCOc1ccc(N2CC=C[C@@]3(CC)O[C@]45C=CCN(Cn6nnc7ccccc76)C(=O)C4N([C@@H](CO)CC(C)C)C(=O)[C@@H]5[C@H]3C2=O)cc1. The Kier molecular flexibility index (Phi) is 8.56. The maximum Gasteiger partial charge on any atom is 0.250 e. The molecule has 3 aromatic rings. The highest BCUT2D eigenvalue weighted by atomic mass is 16.5. The lowest BCUT2D eigenvalue weighted by Gasteiger charge is -2.41. The molecule has 258 valence electrons. The number of amides is 3. The minimum atomic E-state index is -1.44. The molecule has 1 aromatic heterocycles. The average Bonchev–Trinajstić information content (AvgIpc) is 3.64. The van der Waals surface area contributed by atoms with Crippen LogP contribution in [0, 0.1) is 17.8 Å². The lowest BCUT2D eigenvalue weighted by atomic mass is 9.73. The van der Waals surface area contributed by atoms with Gasteiger partial charge in [0.25, 0.3) is 5.91 Å². The molecule has 0 saturated carbocycles. The Morgan fingerprint density at radius 1 is 0.959 bits per heavy atom. The Hall–Kier alpha value is -4.55. The second kappa shape index (κ2) is 12.7. The molecule has 0 aliphatic carbocycles. The highest BCUT2D eigenvalue weighted by Crippen LogP contribution is 2.59. The van der Waals surface area contributed by atoms with Crippen LogP contribution in [0.5, 0.6) is 5.75 Å². The molecule has 7 rings (SSSR count). The van der Waals surface area contributed by atoms with Gasteiger partial charge >= 0.3 is 0 Å². The van der Waals surface area contributed by atoms with Crippen LogP contribution >= 0.6 is 0 Å². The number of ether oxygens (including phenoxy) is 2. The topological polar surface area (TPSA) is 130 Å². The molecule has 4 aliphatic heterocycles. The van der Waals surface area contributed by atoms with Crippen LogP contribution in [0.3, 0.4) is 0 Å². The second-order valence-electron chi connectivity index (χ2n) is 13.8. The molecule has 49 heavy (non-hydrogen) atoms. The minimum Gasteiger partial charge on any atom is -0.494 e. The van der Waals surface area contributed by atoms with Gasteiger partial charge in [0.05, 0.1) is 42.2 Å². The van der Waals surface area contributed by atoms with Crippen molar-refractivity contribution in [3.05, 3.63) is 72.8 Å². The summed E-state index contributed by atoms with van der Waals surface area (Å²) in [6.45, 7) is 8.74. The molecule has 3 amide bonds. The summed E-state index contributed by atoms with van der Waals surface area (Å²) in [5, 5.41) is 19.3. The van der Waals surface area contributed by atoms with E-state index in [1.54, 1.807) is 14.5 Å². The van der Waals surface area contributed by atoms with Crippen molar-refractivity contribution in [1.82, 2.24) is 24.8 Å². The highest BCUT2D eigenvalue weighted by Gasteiger charge is 2.76. The van der Waals surface area contributed by atoms with Gasteiger partial charge in [-0.2, -0.15) is 0 Å². The van der Waals surface area contributed by atoms with E-state index in [0.29, 0.717) is 42.9 Å². The van der Waals surface area contributed by atoms with Crippen molar-refractivity contribution in [1.29, 1.82) is 0 Å². The first-order valence-electron chi connectivity index (χ1n) is 17.3. The number of fused-ring (bicyclic) bond motifs is 3. The van der Waals surface area contributed by atoms with Gasteiger partial charge in [0.2, 0.25) is 11.8 Å². The van der Waals surface area contributed by atoms with Gasteiger partial charge in [0.15, 0.2) is 0 Å². The fourth-order valence-corrected chi connectivity index (χ4v) is 8.39. The number of aromatic nitrogens is 3. The number of aliphatic hydroxyl groups excluding tert-OH is 1. The van der Waals surface area contributed by atoms with Crippen molar-refractivity contribution < 1.29 is 29.0 Å². The normalized spacial score (nSPS) is 28.6. The van der Waals surface area contributed by atoms with Crippen LogP contribution in [0.25, 0.3) is 11.0 Å². The summed E-state index contributed by atoms with van der Waals surface area (Å²) >= 11 is 0. The van der Waals surface area contributed by atoms with Crippen LogP contribution in [-0.4, -0.2) is 97.2 Å². The summed E-state index contributed by atoms with van der Waals surface area (Å²) in [4.78, 5) is 49.7. The van der Waals surface area contributed by atoms with Crippen LogP contribution < -0.4 is 9.64 Å². The van der Waals surface area contributed by atoms with Gasteiger partial charge in [-0.15, -0.1) is 5.10 Å². The minimum absolute atomic E-state index is 0.101. The van der Waals surface area contributed by atoms with E-state index in [1.807, 2.05) is 101 Å². The van der Waals surface area contributed by atoms with Crippen molar-refractivity contribution in [2.45, 2.75) is 70.5 Å². The number of carbonyl (C=O) groups is 3. The van der Waals surface area contributed by atoms with Gasteiger partial charge in [-0.05, 0) is 62.1 Å². The van der Waals surface area contributed by atoms with Gasteiger partial charge in [-0.1, -0.05) is 62.4 Å². The third kappa shape index (κ3) is 5.23. The van der Waals surface area contributed by atoms with Gasteiger partial charge < -0.3 is 29.3 Å². The number of likely N-dealkylation sites (tertiary alicyclic amines) is 1. The summed E-state index contributed by atoms with van der Waals surface area (Å²) in [5.74, 6) is -2.01. The molecular weight excluding hydrogens is 624 g/mol. The molecule has 1 spiro atoms. The van der Waals surface area contributed by atoms with Gasteiger partial charge in [-0.3, -0.25) is 14.4 Å². The van der Waals surface area contributed by atoms with Gasteiger partial charge in [0.1, 0.15) is 29.6 Å². The van der Waals surface area contributed by atoms with Crippen LogP contribution in [0.2, 0.25) is 0 Å². The van der Waals surface area contributed by atoms with Crippen molar-refractivity contribution in [3.8, 4) is 5.75 Å². The summed E-state index contributed by atoms with van der Waals surface area (Å²) < 4.78 is 14.4. The molecule has 0 bridgehead atoms. The fourth-order valence-electron chi connectivity index (χ4n) is 8.39. The van der Waals surface area contributed by atoms with E-state index in [9.17, 15) is 14.7 Å². The molecule has 2 saturated heterocycles. The largest absolute Gasteiger partial charge is 0.494 e. The number of rotatable bonds is 10. The Labute approximate surface area is 285 Å². The lowest BCUT2D eigenvalue weighted by Crippen LogP contribution is -2.59. The van der Waals surface area contributed by atoms with E-state index in [4.69, 9.17) is 9.47 Å². The third-order valence-electron chi connectivity index (χ3n) is 10.5. The number of carbonyl (C=O) groups excluding carboxylic acids is 3. The molecule has 2 fully saturated rings. The standard InChI is InChI=1S/C37H44N6O6/c1-5-36-17-9-20-41(25-13-15-27(16-14-25)48-6-2)33(45)30(36)31-34(46)43(26(22-44)21-24(3)4)32-35(47)40(19-10-18-37(31,32)49-36)23-42-29-12-8-7-11-28(29)38-39-42/h7-18,24,26,30-32,44H,5-6,19-23H2,1-4H3/t26-,30+,31+,32?,36-,37+/m1/s1. The number of nitrogens with zero attached hydrogens (tertiary/aromatic N) is 6. The summed E-state index contributed by atoms with van der Waals surface area (Å²) in [6.07, 6.45) is 8.45. The Bertz CT molecular complexity index is 1800. The highest BCUT2D eigenvalue weighted by molar-refractivity contribution is 6.04. The van der Waals surface area contributed by atoms with Crippen molar-refractivity contribution in [2.24, 2.45) is 17.8 Å².